The van der Waals surface area contributed by atoms with Crippen molar-refractivity contribution in [2.24, 2.45) is 0 Å². The van der Waals surface area contributed by atoms with Crippen LogP contribution in [0.15, 0.2) is 21.2 Å². The van der Waals surface area contributed by atoms with E-state index in [0.717, 1.165) is 13.7 Å². The molecule has 0 saturated carbocycles. The van der Waals surface area contributed by atoms with Gasteiger partial charge in [0.15, 0.2) is 11.6 Å². The zero-order valence-electron chi connectivity index (χ0n) is 9.17. The fraction of sp³-hybridized carbons (Fsp3) is 0.273. The van der Waals surface area contributed by atoms with E-state index in [1.54, 1.807) is 12.3 Å². The second-order valence-corrected chi connectivity index (χ2v) is 6.08. The van der Waals surface area contributed by atoms with Crippen molar-refractivity contribution in [3.05, 3.63) is 31.2 Å². The van der Waals surface area contributed by atoms with E-state index in [2.05, 4.69) is 62.3 Å². The van der Waals surface area contributed by atoms with Gasteiger partial charge in [-0.1, -0.05) is 25.4 Å². The average molecular weight is 427 g/mol. The number of furan rings is 1. The first kappa shape index (κ1) is 13.3. The number of hydrogen-bond acceptors (Lipinski definition) is 3. The number of rotatable bonds is 2. The third-order valence-corrected chi connectivity index (χ3v) is 4.48. The Morgan fingerprint density at radius 1 is 1.41 bits per heavy atom. The van der Waals surface area contributed by atoms with Gasteiger partial charge in [-0.15, -0.1) is 0 Å². The van der Waals surface area contributed by atoms with Crippen molar-refractivity contribution in [2.45, 2.75) is 19.8 Å². The first-order valence-electron chi connectivity index (χ1n) is 4.97. The van der Waals surface area contributed by atoms with E-state index in [9.17, 15) is 0 Å². The van der Waals surface area contributed by atoms with Gasteiger partial charge in [-0.2, -0.15) is 0 Å². The summed E-state index contributed by atoms with van der Waals surface area (Å²) in [7, 11) is 0. The van der Waals surface area contributed by atoms with E-state index in [1.165, 1.54) is 0 Å². The maximum absolute atomic E-state index is 6.12. The molecule has 0 bridgehead atoms. The lowest BCUT2D eigenvalue weighted by Crippen LogP contribution is -2.02. The predicted octanol–water partition coefficient (Wildman–Crippen LogP) is 4.88. The summed E-state index contributed by atoms with van der Waals surface area (Å²) < 4.78 is 7.06. The number of halogens is 3. The van der Waals surface area contributed by atoms with Crippen LogP contribution in [0.1, 0.15) is 25.5 Å². The van der Waals surface area contributed by atoms with Crippen molar-refractivity contribution in [3.8, 4) is 11.6 Å². The molecule has 2 heterocycles. The molecular formula is C11H9BrClIN2O. The summed E-state index contributed by atoms with van der Waals surface area (Å²) in [6, 6.07) is 1.81. The Balaban J connectivity index is 2.61. The Hall–Kier alpha value is -0.140. The van der Waals surface area contributed by atoms with Gasteiger partial charge in [-0.3, -0.25) is 0 Å². The molecule has 0 aliphatic rings. The van der Waals surface area contributed by atoms with Crippen LogP contribution in [0.4, 0.5) is 0 Å². The summed E-state index contributed by atoms with van der Waals surface area (Å²) in [5.41, 5.74) is 0.934. The highest BCUT2D eigenvalue weighted by Crippen LogP contribution is 2.31. The Kier molecular flexibility index (Phi) is 4.10. The van der Waals surface area contributed by atoms with Crippen LogP contribution in [-0.4, -0.2) is 9.97 Å². The minimum absolute atomic E-state index is 0.287. The van der Waals surface area contributed by atoms with Crippen LogP contribution in [0.5, 0.6) is 0 Å². The summed E-state index contributed by atoms with van der Waals surface area (Å²) >= 11 is 11.7. The number of aromatic nitrogens is 2. The van der Waals surface area contributed by atoms with Gasteiger partial charge in [0.2, 0.25) is 0 Å². The molecule has 0 radical (unpaired) electrons. The van der Waals surface area contributed by atoms with E-state index in [1.807, 2.05) is 0 Å². The molecule has 0 atom stereocenters. The van der Waals surface area contributed by atoms with E-state index < -0.39 is 0 Å². The second kappa shape index (κ2) is 5.24. The van der Waals surface area contributed by atoms with Crippen molar-refractivity contribution in [1.82, 2.24) is 9.97 Å². The van der Waals surface area contributed by atoms with E-state index >= 15 is 0 Å². The Bertz CT molecular complexity index is 556. The Morgan fingerprint density at radius 3 is 2.65 bits per heavy atom. The van der Waals surface area contributed by atoms with E-state index in [-0.39, 0.29) is 5.92 Å². The maximum atomic E-state index is 6.12. The largest absolute Gasteiger partial charge is 0.460 e. The van der Waals surface area contributed by atoms with Crippen LogP contribution in [0, 0.1) is 3.57 Å². The summed E-state index contributed by atoms with van der Waals surface area (Å²) in [6.07, 6.45) is 1.59. The quantitative estimate of drug-likeness (QED) is 0.507. The van der Waals surface area contributed by atoms with Gasteiger partial charge in [-0.25, -0.2) is 9.97 Å². The molecule has 0 aliphatic carbocycles. The summed E-state index contributed by atoms with van der Waals surface area (Å²) in [5.74, 6) is 1.40. The molecule has 0 spiro atoms. The molecule has 0 saturated heterocycles. The molecule has 3 nitrogen and oxygen atoms in total. The highest BCUT2D eigenvalue weighted by Gasteiger charge is 2.17. The maximum Gasteiger partial charge on any atom is 0.198 e. The monoisotopic (exact) mass is 426 g/mol. The molecular weight excluding hydrogens is 418 g/mol. The number of hydrogen-bond donors (Lipinski definition) is 0. The predicted molar refractivity (Wildman–Crippen MR) is 79.3 cm³/mol. The van der Waals surface area contributed by atoms with Crippen molar-refractivity contribution in [2.75, 3.05) is 0 Å². The molecule has 2 aromatic heterocycles. The fourth-order valence-corrected chi connectivity index (χ4v) is 2.79. The van der Waals surface area contributed by atoms with Crippen molar-refractivity contribution >= 4 is 50.1 Å². The second-order valence-electron chi connectivity index (χ2n) is 3.79. The lowest BCUT2D eigenvalue weighted by atomic mass is 10.1. The topological polar surface area (TPSA) is 38.9 Å². The normalized spacial score (nSPS) is 11.2. The summed E-state index contributed by atoms with van der Waals surface area (Å²) in [5, 5.41) is 0.461. The van der Waals surface area contributed by atoms with Crippen LogP contribution in [0.25, 0.3) is 11.6 Å². The summed E-state index contributed by atoms with van der Waals surface area (Å²) in [6.45, 7) is 4.14. The molecule has 0 aromatic carbocycles. The molecule has 90 valence electrons. The first-order valence-corrected chi connectivity index (χ1v) is 7.22. The van der Waals surface area contributed by atoms with E-state index in [4.69, 9.17) is 16.0 Å². The van der Waals surface area contributed by atoms with Crippen LogP contribution >= 0.6 is 50.1 Å². The molecule has 2 aromatic rings. The van der Waals surface area contributed by atoms with Crippen molar-refractivity contribution < 1.29 is 4.42 Å². The van der Waals surface area contributed by atoms with Gasteiger partial charge >= 0.3 is 0 Å². The van der Waals surface area contributed by atoms with E-state index in [0.29, 0.717) is 16.7 Å². The highest BCUT2D eigenvalue weighted by atomic mass is 127. The lowest BCUT2D eigenvalue weighted by molar-refractivity contribution is 0.575. The minimum Gasteiger partial charge on any atom is -0.460 e. The first-order chi connectivity index (χ1) is 8.00. The van der Waals surface area contributed by atoms with Gasteiger partial charge < -0.3 is 4.42 Å². The average Bonchev–Trinajstić information content (AvgIpc) is 2.68. The van der Waals surface area contributed by atoms with Crippen LogP contribution in [-0.2, 0) is 0 Å². The third kappa shape index (κ3) is 2.66. The highest BCUT2D eigenvalue weighted by molar-refractivity contribution is 14.1. The summed E-state index contributed by atoms with van der Waals surface area (Å²) in [4.78, 5) is 8.75. The van der Waals surface area contributed by atoms with Gasteiger partial charge in [0.1, 0.15) is 5.15 Å². The van der Waals surface area contributed by atoms with Crippen molar-refractivity contribution in [1.29, 1.82) is 0 Å². The molecule has 0 unspecified atom stereocenters. The number of nitrogens with zero attached hydrogens (tertiary/aromatic N) is 2. The SMILES string of the molecule is CC(C)c1nc(-c2occc2Br)nc(Cl)c1I. The molecule has 0 N–H and O–H groups in total. The molecule has 6 heteroatoms. The van der Waals surface area contributed by atoms with Crippen LogP contribution in [0.3, 0.4) is 0 Å². The van der Waals surface area contributed by atoms with Crippen LogP contribution < -0.4 is 0 Å². The minimum atomic E-state index is 0.287. The van der Waals surface area contributed by atoms with Gasteiger partial charge in [0, 0.05) is 0 Å². The molecule has 0 fully saturated rings. The fourth-order valence-electron chi connectivity index (χ4n) is 1.37. The molecule has 2 rings (SSSR count). The molecule has 0 amide bonds. The van der Waals surface area contributed by atoms with Crippen LogP contribution in [0.2, 0.25) is 5.15 Å². The Labute approximate surface area is 126 Å². The third-order valence-electron chi connectivity index (χ3n) is 2.20. The van der Waals surface area contributed by atoms with Gasteiger partial charge in [0.05, 0.1) is 20.0 Å². The van der Waals surface area contributed by atoms with Crippen molar-refractivity contribution in [3.63, 3.8) is 0 Å². The molecule has 17 heavy (non-hydrogen) atoms. The van der Waals surface area contributed by atoms with Gasteiger partial charge in [-0.05, 0) is 50.5 Å². The zero-order chi connectivity index (χ0) is 12.6. The Morgan fingerprint density at radius 2 is 2.12 bits per heavy atom. The zero-order valence-corrected chi connectivity index (χ0v) is 13.7. The lowest BCUT2D eigenvalue weighted by Gasteiger charge is -2.09. The standard InChI is InChI=1S/C11H9BrClIN2O/c1-5(2)8-7(14)10(13)16-11(15-8)9-6(12)3-4-17-9/h3-5H,1-2H3. The molecule has 0 aliphatic heterocycles. The smallest absolute Gasteiger partial charge is 0.198 e. The van der Waals surface area contributed by atoms with Gasteiger partial charge in [0.25, 0.3) is 0 Å².